The van der Waals surface area contributed by atoms with Crippen LogP contribution in [0.2, 0.25) is 18.1 Å². The zero-order chi connectivity index (χ0) is 40.0. The van der Waals surface area contributed by atoms with E-state index in [0.29, 0.717) is 15.3 Å². The minimum atomic E-state index is -2.64. The Bertz CT molecular complexity index is 2340. The number of benzene rings is 3. The summed E-state index contributed by atoms with van der Waals surface area (Å²) in [6.45, 7) is 14.4. The van der Waals surface area contributed by atoms with Crippen molar-refractivity contribution in [2.45, 2.75) is 71.8 Å². The first-order valence-electron chi connectivity index (χ1n) is 19.0. The number of carbonyl (C=O) groups is 3. The van der Waals surface area contributed by atoms with E-state index >= 15 is 4.79 Å². The summed E-state index contributed by atoms with van der Waals surface area (Å²) in [5, 5.41) is 3.31. The molecule has 56 heavy (non-hydrogen) atoms. The predicted octanol–water partition coefficient (Wildman–Crippen LogP) is 8.22. The SMILES string of the molecule is CC(N1C(=O)[C@H]([C@H](C)O[Si](C)(C)C(C)(C)C)[C@H]1[C@@H](C)C(=O)c1cn2cnc(C(=O)c3cccnc3)c2s1)=P(c1ccccc1)(c1ccccc1)c1ccccc1. The molecule has 4 atom stereocenters. The number of thiazole rings is 1. The maximum atomic E-state index is 15.0. The largest absolute Gasteiger partial charge is 0.413 e. The molecule has 0 saturated carbocycles. The van der Waals surface area contributed by atoms with E-state index in [-0.39, 0.29) is 28.2 Å². The first-order valence-corrected chi connectivity index (χ1v) is 24.6. The van der Waals surface area contributed by atoms with Gasteiger partial charge in [0.25, 0.3) is 0 Å². The van der Waals surface area contributed by atoms with Crippen molar-refractivity contribution in [3.63, 3.8) is 0 Å². The second-order valence-corrected chi connectivity index (χ2v) is 25.5. The number of nitrogens with zero attached hydrogens (tertiary/aromatic N) is 4. The van der Waals surface area contributed by atoms with Gasteiger partial charge in [-0.3, -0.25) is 23.8 Å². The molecule has 0 bridgehead atoms. The number of β-lactam (4-membered cyclic amide) rings is 1. The molecule has 6 aromatic rings. The topological polar surface area (TPSA) is 93.9 Å². The molecule has 0 radical (unpaired) electrons. The second-order valence-electron chi connectivity index (χ2n) is 16.2. The summed E-state index contributed by atoms with van der Waals surface area (Å²) in [5.41, 5.74) is 1.63. The van der Waals surface area contributed by atoms with E-state index in [1.165, 1.54) is 17.5 Å². The Morgan fingerprint density at radius 3 is 1.91 bits per heavy atom. The van der Waals surface area contributed by atoms with Crippen LogP contribution in [0.25, 0.3) is 4.83 Å². The minimum Gasteiger partial charge on any atom is -0.413 e. The third-order valence-electron chi connectivity index (χ3n) is 11.8. The van der Waals surface area contributed by atoms with Crippen LogP contribution < -0.4 is 15.9 Å². The van der Waals surface area contributed by atoms with E-state index in [1.807, 2.05) is 36.9 Å². The fraction of sp³-hybridized carbons (Fsp3) is 0.289. The van der Waals surface area contributed by atoms with Gasteiger partial charge in [-0.25, -0.2) is 4.98 Å². The van der Waals surface area contributed by atoms with E-state index in [9.17, 15) is 9.59 Å². The van der Waals surface area contributed by atoms with Gasteiger partial charge in [0.2, 0.25) is 11.7 Å². The van der Waals surface area contributed by atoms with E-state index in [2.05, 4.69) is 124 Å². The smallest absolute Gasteiger partial charge is 0.234 e. The van der Waals surface area contributed by atoms with Crippen LogP contribution in [0.1, 0.15) is 67.3 Å². The Labute approximate surface area is 334 Å². The van der Waals surface area contributed by atoms with Crippen molar-refractivity contribution in [1.82, 2.24) is 19.3 Å². The molecule has 0 unspecified atom stereocenters. The average molecular weight is 801 g/mol. The molecule has 1 amide bonds. The number of hydrogen-bond donors (Lipinski definition) is 0. The van der Waals surface area contributed by atoms with E-state index < -0.39 is 39.2 Å². The summed E-state index contributed by atoms with van der Waals surface area (Å²) in [4.78, 5) is 54.9. The van der Waals surface area contributed by atoms with Crippen molar-refractivity contribution >= 4 is 70.2 Å². The van der Waals surface area contributed by atoms with Gasteiger partial charge in [0.15, 0.2) is 14.1 Å². The minimum absolute atomic E-state index is 0.0293. The summed E-state index contributed by atoms with van der Waals surface area (Å²) in [6, 6.07) is 34.3. The zero-order valence-electron chi connectivity index (χ0n) is 33.2. The van der Waals surface area contributed by atoms with Crippen LogP contribution in [-0.2, 0) is 9.22 Å². The van der Waals surface area contributed by atoms with Gasteiger partial charge in [-0.1, -0.05) is 119 Å². The highest BCUT2D eigenvalue weighted by Gasteiger charge is 2.57. The number of amides is 1. The third kappa shape index (κ3) is 6.76. The van der Waals surface area contributed by atoms with E-state index in [0.717, 1.165) is 21.3 Å². The number of pyridine rings is 1. The fourth-order valence-electron chi connectivity index (χ4n) is 7.84. The molecule has 1 aliphatic heterocycles. The monoisotopic (exact) mass is 800 g/mol. The lowest BCUT2D eigenvalue weighted by Crippen LogP contribution is -2.70. The van der Waals surface area contributed by atoms with Gasteiger partial charge in [-0.05, 0) is 66.9 Å². The number of rotatable bonds is 12. The molecule has 1 fully saturated rings. The Balaban J connectivity index is 1.38. The van der Waals surface area contributed by atoms with Crippen LogP contribution in [0, 0.1) is 11.8 Å². The highest BCUT2D eigenvalue weighted by atomic mass is 32.1. The van der Waals surface area contributed by atoms with Crippen molar-refractivity contribution in [2.75, 3.05) is 0 Å². The molecule has 4 heterocycles. The molecule has 8 nitrogen and oxygen atoms in total. The third-order valence-corrected chi connectivity index (χ3v) is 21.9. The predicted molar refractivity (Wildman–Crippen MR) is 232 cm³/mol. The number of aromatic nitrogens is 3. The van der Waals surface area contributed by atoms with Gasteiger partial charge in [0, 0.05) is 35.5 Å². The number of ketones is 2. The van der Waals surface area contributed by atoms with Crippen molar-refractivity contribution in [3.8, 4) is 0 Å². The molecule has 0 N–H and O–H groups in total. The molecule has 0 spiro atoms. The van der Waals surface area contributed by atoms with Gasteiger partial charge >= 0.3 is 0 Å². The number of Topliss-reactive ketones (excluding diaryl/α,β-unsaturated/α-hetero) is 1. The average Bonchev–Trinajstić information content (AvgIpc) is 3.79. The molecule has 288 valence electrons. The van der Waals surface area contributed by atoms with Gasteiger partial charge in [-0.15, -0.1) is 11.3 Å². The summed E-state index contributed by atoms with van der Waals surface area (Å²) >= 11 is 1.25. The number of imidazole rings is 1. The molecule has 3 aromatic carbocycles. The van der Waals surface area contributed by atoms with Crippen molar-refractivity contribution in [2.24, 2.45) is 11.8 Å². The molecule has 1 saturated heterocycles. The highest BCUT2D eigenvalue weighted by molar-refractivity contribution is 7.95. The number of carbonyl (C=O) groups excluding carboxylic acids is 3. The maximum Gasteiger partial charge on any atom is 0.234 e. The lowest BCUT2D eigenvalue weighted by atomic mass is 9.75. The Hall–Kier alpha value is -4.73. The van der Waals surface area contributed by atoms with Gasteiger partial charge in [-0.2, -0.15) is 0 Å². The van der Waals surface area contributed by atoms with Gasteiger partial charge in [0.05, 0.1) is 22.9 Å². The first kappa shape index (κ1) is 39.5. The molecule has 3 aromatic heterocycles. The first-order chi connectivity index (χ1) is 26.7. The standard InChI is InChI=1S/C45H49N4O4PSSi/c1-30(41(50)37-28-48-29-47-39(44(48)55-37)42(51)33-19-18-26-46-27-33)40-38(31(2)53-56(7,8)45(4,5)6)43(52)49(40)32(3)54(34-20-12-9-13-21-34,35-22-14-10-15-23-35)36-24-16-11-17-25-36/h9-31,38,40H,1-8H3/t30-,31+,38-,40-/m1/s1. The Morgan fingerprint density at radius 1 is 0.857 bits per heavy atom. The zero-order valence-corrected chi connectivity index (χ0v) is 35.9. The number of hydrogen-bond acceptors (Lipinski definition) is 7. The van der Waals surface area contributed by atoms with Crippen LogP contribution in [0.15, 0.2) is 128 Å². The molecule has 11 heteroatoms. The lowest BCUT2D eigenvalue weighted by Gasteiger charge is -2.55. The maximum absolute atomic E-state index is 15.0. The van der Waals surface area contributed by atoms with Crippen LogP contribution in [-0.4, -0.2) is 62.6 Å². The van der Waals surface area contributed by atoms with Gasteiger partial charge < -0.3 is 9.33 Å². The second kappa shape index (κ2) is 15.3. The normalized spacial score (nSPS) is 17.4. The van der Waals surface area contributed by atoms with E-state index in [4.69, 9.17) is 4.43 Å². The fourth-order valence-corrected chi connectivity index (χ4v) is 14.8. The Kier molecular flexibility index (Phi) is 10.8. The van der Waals surface area contributed by atoms with Crippen molar-refractivity contribution in [1.29, 1.82) is 0 Å². The number of likely N-dealkylation sites (tertiary alicyclic amines) is 1. The summed E-state index contributed by atoms with van der Waals surface area (Å²) < 4.78 is 8.70. The van der Waals surface area contributed by atoms with Crippen LogP contribution in [0.3, 0.4) is 0 Å². The molecular formula is C45H49N4O4PSSi. The summed E-state index contributed by atoms with van der Waals surface area (Å²) in [7, 11) is -2.30. The number of fused-ring (bicyclic) bond motifs is 1. The molecule has 7 rings (SSSR count). The van der Waals surface area contributed by atoms with Crippen LogP contribution in [0.4, 0.5) is 0 Å². The molecular weight excluding hydrogens is 752 g/mol. The lowest BCUT2D eigenvalue weighted by molar-refractivity contribution is -0.156. The quantitative estimate of drug-likeness (QED) is 0.0536. The van der Waals surface area contributed by atoms with Crippen molar-refractivity contribution in [3.05, 3.63) is 144 Å². The van der Waals surface area contributed by atoms with Gasteiger partial charge in [0.1, 0.15) is 16.9 Å². The van der Waals surface area contributed by atoms with E-state index in [1.54, 1.807) is 35.3 Å². The van der Waals surface area contributed by atoms with Crippen molar-refractivity contribution < 1.29 is 18.8 Å². The summed E-state index contributed by atoms with van der Waals surface area (Å²) in [5.74, 6) is -1.52. The summed E-state index contributed by atoms with van der Waals surface area (Å²) in [6.07, 6.45) is 6.05. The van der Waals surface area contributed by atoms with Crippen LogP contribution >= 0.6 is 18.2 Å². The Morgan fingerprint density at radius 2 is 1.41 bits per heavy atom. The molecule has 0 aliphatic carbocycles. The highest BCUT2D eigenvalue weighted by Crippen LogP contribution is 2.51. The van der Waals surface area contributed by atoms with Crippen LogP contribution in [0.5, 0.6) is 0 Å². The molecule has 1 aliphatic rings.